The predicted octanol–water partition coefficient (Wildman–Crippen LogP) is 3.79. The molecular formula is C13H15ClN2OS. The first-order chi connectivity index (χ1) is 8.74. The van der Waals surface area contributed by atoms with E-state index >= 15 is 0 Å². The molecule has 1 saturated heterocycles. The molecule has 0 bridgehead atoms. The van der Waals surface area contributed by atoms with E-state index < -0.39 is 0 Å². The molecule has 0 amide bonds. The topological polar surface area (TPSA) is 34.1 Å². The van der Waals surface area contributed by atoms with Crippen molar-refractivity contribution < 1.29 is 4.74 Å². The van der Waals surface area contributed by atoms with Gasteiger partial charge in [0.1, 0.15) is 0 Å². The van der Waals surface area contributed by atoms with E-state index in [1.807, 2.05) is 18.2 Å². The maximum Gasteiger partial charge on any atom is 0.183 e. The van der Waals surface area contributed by atoms with Gasteiger partial charge in [-0.25, -0.2) is 4.98 Å². The molecule has 0 radical (unpaired) electrons. The van der Waals surface area contributed by atoms with E-state index in [9.17, 15) is 0 Å². The second kappa shape index (κ2) is 5.03. The maximum absolute atomic E-state index is 6.14. The summed E-state index contributed by atoms with van der Waals surface area (Å²) in [6.07, 6.45) is 1.47. The zero-order valence-corrected chi connectivity index (χ0v) is 11.7. The molecule has 2 atom stereocenters. The Kier molecular flexibility index (Phi) is 3.41. The van der Waals surface area contributed by atoms with E-state index in [2.05, 4.69) is 17.2 Å². The highest BCUT2D eigenvalue weighted by Gasteiger charge is 2.24. The largest absolute Gasteiger partial charge is 0.378 e. The first kappa shape index (κ1) is 12.2. The molecule has 18 heavy (non-hydrogen) atoms. The molecule has 1 aliphatic rings. The zero-order valence-electron chi connectivity index (χ0n) is 10.1. The lowest BCUT2D eigenvalue weighted by atomic mass is 10.0. The van der Waals surface area contributed by atoms with Crippen LogP contribution in [0.25, 0.3) is 10.2 Å². The number of rotatable bonds is 3. The summed E-state index contributed by atoms with van der Waals surface area (Å²) in [5.74, 6) is 0.576. The fraction of sp³-hybridized carbons (Fsp3) is 0.462. The van der Waals surface area contributed by atoms with Gasteiger partial charge in [0.25, 0.3) is 0 Å². The summed E-state index contributed by atoms with van der Waals surface area (Å²) >= 11 is 7.76. The number of halogens is 1. The molecule has 0 saturated carbocycles. The van der Waals surface area contributed by atoms with Crippen molar-refractivity contribution in [2.45, 2.75) is 19.4 Å². The third-order valence-corrected chi connectivity index (χ3v) is 4.90. The molecule has 3 rings (SSSR count). The summed E-state index contributed by atoms with van der Waals surface area (Å²) in [6, 6.07) is 5.82. The van der Waals surface area contributed by atoms with Gasteiger partial charge in [-0.1, -0.05) is 29.0 Å². The van der Waals surface area contributed by atoms with Gasteiger partial charge < -0.3 is 10.1 Å². The molecule has 0 aliphatic carbocycles. The Labute approximate surface area is 115 Å². The molecule has 3 nitrogen and oxygen atoms in total. The van der Waals surface area contributed by atoms with Crippen molar-refractivity contribution in [1.82, 2.24) is 4.98 Å². The Bertz CT molecular complexity index is 557. The van der Waals surface area contributed by atoms with Crippen molar-refractivity contribution in [3.05, 3.63) is 23.2 Å². The van der Waals surface area contributed by atoms with Crippen LogP contribution in [0.5, 0.6) is 0 Å². The summed E-state index contributed by atoms with van der Waals surface area (Å²) in [6.45, 7) is 3.92. The van der Waals surface area contributed by atoms with Crippen LogP contribution in [0.3, 0.4) is 0 Å². The number of aromatic nitrogens is 1. The Balaban J connectivity index is 1.73. The highest BCUT2D eigenvalue weighted by atomic mass is 35.5. The molecule has 2 unspecified atom stereocenters. The highest BCUT2D eigenvalue weighted by Crippen LogP contribution is 2.32. The molecule has 1 aromatic carbocycles. The number of fused-ring (bicyclic) bond motifs is 1. The zero-order chi connectivity index (χ0) is 12.5. The lowest BCUT2D eigenvalue weighted by Gasteiger charge is -2.13. The number of thiazole rings is 1. The Hall–Kier alpha value is -0.840. The fourth-order valence-electron chi connectivity index (χ4n) is 2.25. The lowest BCUT2D eigenvalue weighted by molar-refractivity contribution is 0.108. The quantitative estimate of drug-likeness (QED) is 0.930. The molecular weight excluding hydrogens is 268 g/mol. The number of hydrogen-bond donors (Lipinski definition) is 1. The van der Waals surface area contributed by atoms with Gasteiger partial charge in [-0.05, 0) is 25.5 Å². The number of anilines is 1. The van der Waals surface area contributed by atoms with Crippen LogP contribution in [0.1, 0.15) is 13.3 Å². The van der Waals surface area contributed by atoms with E-state index in [0.717, 1.165) is 39.9 Å². The summed E-state index contributed by atoms with van der Waals surface area (Å²) in [5.41, 5.74) is 0.964. The molecule has 2 heterocycles. The predicted molar refractivity (Wildman–Crippen MR) is 76.6 cm³/mol. The first-order valence-electron chi connectivity index (χ1n) is 6.14. The van der Waals surface area contributed by atoms with Gasteiger partial charge in [0.2, 0.25) is 0 Å². The Morgan fingerprint density at radius 2 is 2.44 bits per heavy atom. The second-order valence-corrected chi connectivity index (χ2v) is 6.02. The van der Waals surface area contributed by atoms with Gasteiger partial charge in [-0.3, -0.25) is 0 Å². The van der Waals surface area contributed by atoms with E-state index in [-0.39, 0.29) is 0 Å². The van der Waals surface area contributed by atoms with Crippen LogP contribution < -0.4 is 5.32 Å². The first-order valence-corrected chi connectivity index (χ1v) is 7.34. The van der Waals surface area contributed by atoms with Gasteiger partial charge in [-0.15, -0.1) is 0 Å². The monoisotopic (exact) mass is 282 g/mol. The van der Waals surface area contributed by atoms with E-state index in [1.54, 1.807) is 11.3 Å². The third kappa shape index (κ3) is 2.32. The number of hydrogen-bond acceptors (Lipinski definition) is 4. The number of benzene rings is 1. The van der Waals surface area contributed by atoms with E-state index in [0.29, 0.717) is 12.0 Å². The van der Waals surface area contributed by atoms with Gasteiger partial charge >= 0.3 is 0 Å². The summed E-state index contributed by atoms with van der Waals surface area (Å²) in [7, 11) is 0. The minimum absolute atomic E-state index is 0.343. The van der Waals surface area contributed by atoms with Crippen LogP contribution in [0.15, 0.2) is 18.2 Å². The Morgan fingerprint density at radius 3 is 3.17 bits per heavy atom. The van der Waals surface area contributed by atoms with Crippen molar-refractivity contribution >= 4 is 38.3 Å². The number of ether oxygens (including phenoxy) is 1. The normalized spacial score (nSPS) is 23.7. The Morgan fingerprint density at radius 1 is 1.56 bits per heavy atom. The van der Waals surface area contributed by atoms with Gasteiger partial charge in [0.05, 0.1) is 21.3 Å². The smallest absolute Gasteiger partial charge is 0.183 e. The molecule has 5 heteroatoms. The SMILES string of the molecule is CC1OCCC1CNc1nc2cccc(Cl)c2s1. The maximum atomic E-state index is 6.14. The standard InChI is InChI=1S/C13H15ClN2OS/c1-8-9(5-6-17-8)7-15-13-16-11-4-2-3-10(14)12(11)18-13/h2-4,8-9H,5-7H2,1H3,(H,15,16). The van der Waals surface area contributed by atoms with Crippen molar-refractivity contribution in [2.24, 2.45) is 5.92 Å². The number of nitrogens with one attached hydrogen (secondary N) is 1. The average molecular weight is 283 g/mol. The van der Waals surface area contributed by atoms with Crippen molar-refractivity contribution in [1.29, 1.82) is 0 Å². The molecule has 1 aromatic heterocycles. The van der Waals surface area contributed by atoms with Gasteiger partial charge in [0.15, 0.2) is 5.13 Å². The minimum Gasteiger partial charge on any atom is -0.378 e. The molecule has 0 spiro atoms. The van der Waals surface area contributed by atoms with Crippen molar-refractivity contribution in [3.8, 4) is 0 Å². The fourth-order valence-corrected chi connectivity index (χ4v) is 3.42. The average Bonchev–Trinajstić information content (AvgIpc) is 2.93. The highest BCUT2D eigenvalue weighted by molar-refractivity contribution is 7.22. The van der Waals surface area contributed by atoms with E-state index in [1.165, 1.54) is 0 Å². The molecule has 1 aliphatic heterocycles. The minimum atomic E-state index is 0.343. The van der Waals surface area contributed by atoms with Crippen LogP contribution >= 0.6 is 22.9 Å². The van der Waals surface area contributed by atoms with Crippen molar-refractivity contribution in [3.63, 3.8) is 0 Å². The summed E-state index contributed by atoms with van der Waals surface area (Å²) < 4.78 is 6.61. The molecule has 1 fully saturated rings. The van der Waals surface area contributed by atoms with E-state index in [4.69, 9.17) is 16.3 Å². The van der Waals surface area contributed by atoms with Crippen LogP contribution in [0.2, 0.25) is 5.02 Å². The molecule has 2 aromatic rings. The van der Waals surface area contributed by atoms with Crippen LogP contribution in [0.4, 0.5) is 5.13 Å². The van der Waals surface area contributed by atoms with Crippen molar-refractivity contribution in [2.75, 3.05) is 18.5 Å². The second-order valence-electron chi connectivity index (χ2n) is 4.61. The summed E-state index contributed by atoms with van der Waals surface area (Å²) in [5, 5.41) is 5.12. The van der Waals surface area contributed by atoms with Crippen LogP contribution in [-0.2, 0) is 4.74 Å². The molecule has 96 valence electrons. The molecule has 1 N–H and O–H groups in total. The lowest BCUT2D eigenvalue weighted by Crippen LogP contribution is -2.20. The third-order valence-electron chi connectivity index (χ3n) is 3.42. The van der Waals surface area contributed by atoms with Gasteiger partial charge in [0, 0.05) is 19.1 Å². The van der Waals surface area contributed by atoms with Crippen LogP contribution in [-0.4, -0.2) is 24.2 Å². The summed E-state index contributed by atoms with van der Waals surface area (Å²) in [4.78, 5) is 4.54. The van der Waals surface area contributed by atoms with Crippen LogP contribution in [0, 0.1) is 5.92 Å². The van der Waals surface area contributed by atoms with Gasteiger partial charge in [-0.2, -0.15) is 0 Å². The number of nitrogens with zero attached hydrogens (tertiary/aromatic N) is 1.